The second-order valence-electron chi connectivity index (χ2n) is 6.33. The van der Waals surface area contributed by atoms with Crippen LogP contribution in [-0.2, 0) is 11.3 Å². The van der Waals surface area contributed by atoms with E-state index >= 15 is 0 Å². The van der Waals surface area contributed by atoms with Gasteiger partial charge in [0.05, 0.1) is 29.0 Å². The molecule has 0 bridgehead atoms. The number of amides is 1. The molecule has 6 nitrogen and oxygen atoms in total. The highest BCUT2D eigenvalue weighted by Crippen LogP contribution is 2.31. The Kier molecular flexibility index (Phi) is 4.71. The van der Waals surface area contributed by atoms with Gasteiger partial charge in [-0.1, -0.05) is 23.5 Å². The number of nitrogens with zero attached hydrogens (tertiary/aromatic N) is 3. The van der Waals surface area contributed by atoms with Crippen LogP contribution < -0.4 is 15.0 Å². The third-order valence-corrected chi connectivity index (χ3v) is 5.40. The number of carbonyl (C=O) groups excluding carboxylic acids is 1. The summed E-state index contributed by atoms with van der Waals surface area (Å²) in [6.45, 7) is 3.67. The first kappa shape index (κ1) is 16.8. The first-order valence-corrected chi connectivity index (χ1v) is 9.45. The maximum atomic E-state index is 11.0. The molecular formula is C19H20N4O2S. The highest BCUT2D eigenvalue weighted by Gasteiger charge is 2.26. The maximum Gasteiger partial charge on any atom is 0.217 e. The molecule has 1 N–H and O–H groups in total. The molecule has 4 rings (SSSR count). The van der Waals surface area contributed by atoms with Gasteiger partial charge in [0.2, 0.25) is 5.91 Å². The number of hydrogen-bond acceptors (Lipinski definition) is 6. The molecule has 26 heavy (non-hydrogen) atoms. The maximum absolute atomic E-state index is 11.0. The summed E-state index contributed by atoms with van der Waals surface area (Å²) in [5.41, 5.74) is 1.84. The van der Waals surface area contributed by atoms with Crippen molar-refractivity contribution in [3.05, 3.63) is 48.3 Å². The number of rotatable bonds is 5. The molecule has 1 aliphatic rings. The summed E-state index contributed by atoms with van der Waals surface area (Å²) < 4.78 is 7.34. The first-order valence-electron chi connectivity index (χ1n) is 8.64. The van der Waals surface area contributed by atoms with E-state index in [0.717, 1.165) is 41.6 Å². The van der Waals surface area contributed by atoms with Gasteiger partial charge in [-0.25, -0.2) is 4.98 Å². The molecule has 1 amide bonds. The number of fused-ring (bicyclic) bond motifs is 1. The number of nitrogens with one attached hydrogen (secondary N) is 1. The predicted octanol–water partition coefficient (Wildman–Crippen LogP) is 2.99. The number of benzene rings is 1. The summed E-state index contributed by atoms with van der Waals surface area (Å²) in [5, 5.41) is 3.81. The molecule has 1 atom stereocenters. The van der Waals surface area contributed by atoms with Gasteiger partial charge < -0.3 is 15.0 Å². The van der Waals surface area contributed by atoms with E-state index in [1.54, 1.807) is 17.5 Å². The first-order chi connectivity index (χ1) is 12.7. The van der Waals surface area contributed by atoms with Crippen LogP contribution in [-0.4, -0.2) is 35.1 Å². The number of ether oxygens (including phenoxy) is 1. The summed E-state index contributed by atoms with van der Waals surface area (Å²) in [5.74, 6) is 0.719. The summed E-state index contributed by atoms with van der Waals surface area (Å²) >= 11 is 1.72. The predicted molar refractivity (Wildman–Crippen MR) is 103 cm³/mol. The Hall–Kier alpha value is -2.67. The van der Waals surface area contributed by atoms with Crippen molar-refractivity contribution < 1.29 is 9.53 Å². The summed E-state index contributed by atoms with van der Waals surface area (Å²) in [6.07, 6.45) is 2.80. The van der Waals surface area contributed by atoms with E-state index in [1.807, 2.05) is 30.3 Å². The summed E-state index contributed by atoms with van der Waals surface area (Å²) in [4.78, 5) is 22.3. The van der Waals surface area contributed by atoms with E-state index < -0.39 is 0 Å². The van der Waals surface area contributed by atoms with E-state index in [2.05, 4.69) is 21.3 Å². The third kappa shape index (κ3) is 3.77. The monoisotopic (exact) mass is 368 g/mol. The molecule has 1 saturated heterocycles. The quantitative estimate of drug-likeness (QED) is 0.750. The van der Waals surface area contributed by atoms with Crippen LogP contribution >= 0.6 is 11.3 Å². The largest absolute Gasteiger partial charge is 0.488 e. The molecule has 3 aromatic rings. The van der Waals surface area contributed by atoms with Crippen LogP contribution in [0.25, 0.3) is 10.2 Å². The Balaban J connectivity index is 1.39. The summed E-state index contributed by atoms with van der Waals surface area (Å²) in [6, 6.07) is 12.0. The zero-order valence-corrected chi connectivity index (χ0v) is 15.3. The van der Waals surface area contributed by atoms with Gasteiger partial charge >= 0.3 is 0 Å². The van der Waals surface area contributed by atoms with Crippen molar-refractivity contribution in [2.24, 2.45) is 0 Å². The van der Waals surface area contributed by atoms with Crippen LogP contribution in [0.1, 0.15) is 19.0 Å². The van der Waals surface area contributed by atoms with E-state index in [4.69, 9.17) is 9.72 Å². The SMILES string of the molecule is CC(=O)NCc1cc(OC2CCN(c3nc4ccccc4s3)C2)ccn1. The number of anilines is 1. The number of hydrogen-bond donors (Lipinski definition) is 1. The number of para-hydroxylation sites is 1. The van der Waals surface area contributed by atoms with Gasteiger partial charge in [-0.2, -0.15) is 0 Å². The Bertz CT molecular complexity index is 894. The molecule has 0 radical (unpaired) electrons. The molecule has 1 unspecified atom stereocenters. The van der Waals surface area contributed by atoms with Gasteiger partial charge in [-0.05, 0) is 18.2 Å². The fourth-order valence-corrected chi connectivity index (χ4v) is 4.03. The van der Waals surface area contributed by atoms with Crippen molar-refractivity contribution in [2.75, 3.05) is 18.0 Å². The standard InChI is InChI=1S/C19H20N4O2S/c1-13(24)21-11-14-10-15(6-8-20-14)25-16-7-9-23(12-16)19-22-17-4-2-3-5-18(17)26-19/h2-6,8,10,16H,7,9,11-12H2,1H3,(H,21,24). The smallest absolute Gasteiger partial charge is 0.217 e. The molecular weight excluding hydrogens is 348 g/mol. The van der Waals surface area contributed by atoms with Crippen LogP contribution in [0.15, 0.2) is 42.6 Å². The minimum atomic E-state index is -0.0691. The topological polar surface area (TPSA) is 67.3 Å². The van der Waals surface area contributed by atoms with Crippen molar-refractivity contribution >= 4 is 32.6 Å². The fraction of sp³-hybridized carbons (Fsp3) is 0.316. The minimum absolute atomic E-state index is 0.0691. The van der Waals surface area contributed by atoms with Gasteiger partial charge in [0, 0.05) is 32.2 Å². The number of carbonyl (C=O) groups is 1. The average Bonchev–Trinajstić information content (AvgIpc) is 3.26. The van der Waals surface area contributed by atoms with Crippen LogP contribution in [0.4, 0.5) is 5.13 Å². The highest BCUT2D eigenvalue weighted by atomic mass is 32.1. The van der Waals surface area contributed by atoms with Crippen LogP contribution in [0.2, 0.25) is 0 Å². The van der Waals surface area contributed by atoms with E-state index in [0.29, 0.717) is 6.54 Å². The number of thiazole rings is 1. The van der Waals surface area contributed by atoms with Gasteiger partial charge in [-0.3, -0.25) is 9.78 Å². The van der Waals surface area contributed by atoms with E-state index in [1.165, 1.54) is 11.6 Å². The second kappa shape index (κ2) is 7.29. The zero-order chi connectivity index (χ0) is 17.9. The molecule has 1 aromatic carbocycles. The van der Waals surface area contributed by atoms with Gasteiger partial charge in [0.15, 0.2) is 5.13 Å². The van der Waals surface area contributed by atoms with Gasteiger partial charge in [0.25, 0.3) is 0 Å². The molecule has 1 fully saturated rings. The molecule has 1 aliphatic heterocycles. The zero-order valence-electron chi connectivity index (χ0n) is 14.5. The lowest BCUT2D eigenvalue weighted by Crippen LogP contribution is -2.24. The Morgan fingerprint density at radius 1 is 1.38 bits per heavy atom. The Morgan fingerprint density at radius 3 is 3.12 bits per heavy atom. The highest BCUT2D eigenvalue weighted by molar-refractivity contribution is 7.22. The van der Waals surface area contributed by atoms with Crippen molar-refractivity contribution in [1.29, 1.82) is 0 Å². The number of aromatic nitrogens is 2. The molecule has 2 aromatic heterocycles. The normalized spacial score (nSPS) is 16.8. The lowest BCUT2D eigenvalue weighted by Gasteiger charge is -2.16. The van der Waals surface area contributed by atoms with E-state index in [9.17, 15) is 4.79 Å². The van der Waals surface area contributed by atoms with Crippen molar-refractivity contribution in [2.45, 2.75) is 26.0 Å². The fourth-order valence-electron chi connectivity index (χ4n) is 3.03. The van der Waals surface area contributed by atoms with E-state index in [-0.39, 0.29) is 12.0 Å². The van der Waals surface area contributed by atoms with Crippen molar-refractivity contribution in [3.63, 3.8) is 0 Å². The average molecular weight is 368 g/mol. The van der Waals surface area contributed by atoms with Crippen LogP contribution in [0, 0.1) is 0 Å². The van der Waals surface area contributed by atoms with Crippen LogP contribution in [0.5, 0.6) is 5.75 Å². The van der Waals surface area contributed by atoms with Gasteiger partial charge in [-0.15, -0.1) is 0 Å². The van der Waals surface area contributed by atoms with Crippen molar-refractivity contribution in [1.82, 2.24) is 15.3 Å². The van der Waals surface area contributed by atoms with Gasteiger partial charge in [0.1, 0.15) is 11.9 Å². The molecule has 0 spiro atoms. The molecule has 3 heterocycles. The molecule has 7 heteroatoms. The molecule has 134 valence electrons. The van der Waals surface area contributed by atoms with Crippen LogP contribution in [0.3, 0.4) is 0 Å². The van der Waals surface area contributed by atoms with Crippen molar-refractivity contribution in [3.8, 4) is 5.75 Å². The lowest BCUT2D eigenvalue weighted by atomic mass is 10.3. The minimum Gasteiger partial charge on any atom is -0.488 e. The Labute approximate surface area is 155 Å². The third-order valence-electron chi connectivity index (χ3n) is 4.31. The lowest BCUT2D eigenvalue weighted by molar-refractivity contribution is -0.119. The molecule has 0 saturated carbocycles. The second-order valence-corrected chi connectivity index (χ2v) is 7.34. The number of pyridine rings is 1. The Morgan fingerprint density at radius 2 is 2.27 bits per heavy atom. The molecule has 0 aliphatic carbocycles. The summed E-state index contributed by atoms with van der Waals surface area (Å²) in [7, 11) is 0.